The molecule has 130 valence electrons. The second-order valence-corrected chi connectivity index (χ2v) is 5.75. The van der Waals surface area contributed by atoms with Gasteiger partial charge in [0, 0.05) is 51.5 Å². The third-order valence-electron chi connectivity index (χ3n) is 3.96. The number of nitrogens with zero attached hydrogens (tertiary/aromatic N) is 4. The summed E-state index contributed by atoms with van der Waals surface area (Å²) in [5.41, 5.74) is 2.18. The predicted molar refractivity (Wildman–Crippen MR) is 100 cm³/mol. The van der Waals surface area contributed by atoms with Gasteiger partial charge in [-0.05, 0) is 23.8 Å². The number of pyridine rings is 1. The molecule has 0 fully saturated rings. The molecule has 1 aromatic carbocycles. The normalized spacial score (nSPS) is 10.6. The third-order valence-corrected chi connectivity index (χ3v) is 3.96. The van der Waals surface area contributed by atoms with Crippen LogP contribution < -0.4 is 10.2 Å². The maximum Gasteiger partial charge on any atom is 0.207 e. The van der Waals surface area contributed by atoms with Gasteiger partial charge < -0.3 is 15.0 Å². The van der Waals surface area contributed by atoms with E-state index in [0.717, 1.165) is 29.6 Å². The van der Waals surface area contributed by atoms with Crippen molar-refractivity contribution in [2.24, 2.45) is 0 Å². The highest BCUT2D eigenvalue weighted by atomic mass is 16.5. The average Bonchev–Trinajstić information content (AvgIpc) is 3.14. The van der Waals surface area contributed by atoms with E-state index < -0.39 is 0 Å². The quantitative estimate of drug-likeness (QED) is 0.685. The highest BCUT2D eigenvalue weighted by Gasteiger charge is 2.05. The van der Waals surface area contributed by atoms with Gasteiger partial charge in [-0.15, -0.1) is 0 Å². The number of methoxy groups -OCH3 is 1. The first-order valence-electron chi connectivity index (χ1n) is 8.25. The van der Waals surface area contributed by atoms with Crippen molar-refractivity contribution in [3.05, 3.63) is 66.6 Å². The number of nitrogens with one attached hydrogen (secondary N) is 1. The molecular weight excluding hydrogens is 314 g/mol. The highest BCUT2D eigenvalue weighted by molar-refractivity contribution is 5.43. The van der Waals surface area contributed by atoms with Crippen molar-refractivity contribution in [1.29, 1.82) is 0 Å². The van der Waals surface area contributed by atoms with Gasteiger partial charge in [-0.1, -0.05) is 24.3 Å². The summed E-state index contributed by atoms with van der Waals surface area (Å²) in [5, 5.41) is 3.37. The SMILES string of the molecule is COCCN(C)c1ccc(CNc2nccn2-c2ccccc2)cn1. The van der Waals surface area contributed by atoms with Crippen molar-refractivity contribution < 1.29 is 4.74 Å². The standard InChI is InChI=1S/C19H23N5O/c1-23(12-13-25-2)18-9-8-16(14-21-18)15-22-19-20-10-11-24(19)17-6-4-3-5-7-17/h3-11,14H,12-13,15H2,1-2H3,(H,20,22). The molecule has 0 saturated carbocycles. The van der Waals surface area contributed by atoms with Crippen LogP contribution in [0.4, 0.5) is 11.8 Å². The van der Waals surface area contributed by atoms with E-state index in [1.807, 2.05) is 48.3 Å². The monoisotopic (exact) mass is 337 g/mol. The molecule has 2 heterocycles. The number of hydrogen-bond donors (Lipinski definition) is 1. The van der Waals surface area contributed by atoms with Crippen molar-refractivity contribution in [3.8, 4) is 5.69 Å². The molecule has 6 nitrogen and oxygen atoms in total. The molecule has 2 aromatic heterocycles. The van der Waals surface area contributed by atoms with Gasteiger partial charge in [-0.3, -0.25) is 4.57 Å². The molecule has 0 saturated heterocycles. The van der Waals surface area contributed by atoms with Crippen LogP contribution in [0.25, 0.3) is 5.69 Å². The van der Waals surface area contributed by atoms with E-state index in [1.54, 1.807) is 13.3 Å². The van der Waals surface area contributed by atoms with Crippen LogP contribution in [-0.2, 0) is 11.3 Å². The summed E-state index contributed by atoms with van der Waals surface area (Å²) in [6.45, 7) is 2.16. The molecule has 1 N–H and O–H groups in total. The van der Waals surface area contributed by atoms with E-state index in [2.05, 4.69) is 38.4 Å². The Labute approximate surface area is 148 Å². The zero-order valence-corrected chi connectivity index (χ0v) is 14.6. The summed E-state index contributed by atoms with van der Waals surface area (Å²) in [6.07, 6.45) is 5.63. The molecule has 0 aliphatic rings. The Kier molecular flexibility index (Phi) is 5.64. The second kappa shape index (κ2) is 8.30. The average molecular weight is 337 g/mol. The van der Waals surface area contributed by atoms with Crippen LogP contribution in [-0.4, -0.2) is 41.8 Å². The molecule has 0 spiro atoms. The molecule has 0 unspecified atom stereocenters. The van der Waals surface area contributed by atoms with Gasteiger partial charge in [-0.2, -0.15) is 0 Å². The zero-order chi connectivity index (χ0) is 17.5. The van der Waals surface area contributed by atoms with E-state index in [1.165, 1.54) is 0 Å². The Morgan fingerprint density at radius 3 is 2.68 bits per heavy atom. The summed E-state index contributed by atoms with van der Waals surface area (Å²) < 4.78 is 7.12. The summed E-state index contributed by atoms with van der Waals surface area (Å²) in [7, 11) is 3.71. The van der Waals surface area contributed by atoms with Crippen LogP contribution in [0, 0.1) is 0 Å². The van der Waals surface area contributed by atoms with Crippen LogP contribution in [0.2, 0.25) is 0 Å². The van der Waals surface area contributed by atoms with E-state index in [-0.39, 0.29) is 0 Å². The minimum absolute atomic E-state index is 0.666. The van der Waals surface area contributed by atoms with Crippen molar-refractivity contribution in [2.75, 3.05) is 37.5 Å². The van der Waals surface area contributed by atoms with Gasteiger partial charge in [0.05, 0.1) is 6.61 Å². The number of aromatic nitrogens is 3. The fourth-order valence-electron chi connectivity index (χ4n) is 2.50. The fraction of sp³-hybridized carbons (Fsp3) is 0.263. The molecule has 0 aliphatic carbocycles. The number of ether oxygens (including phenoxy) is 1. The zero-order valence-electron chi connectivity index (χ0n) is 14.6. The first-order chi connectivity index (χ1) is 12.3. The van der Waals surface area contributed by atoms with E-state index in [9.17, 15) is 0 Å². The summed E-state index contributed by atoms with van der Waals surface area (Å²) in [4.78, 5) is 11.0. The first kappa shape index (κ1) is 17.0. The third kappa shape index (κ3) is 4.36. The van der Waals surface area contributed by atoms with Crippen LogP contribution in [0.15, 0.2) is 61.1 Å². The number of imidazole rings is 1. The number of anilines is 2. The van der Waals surface area contributed by atoms with Gasteiger partial charge in [0.25, 0.3) is 0 Å². The molecule has 25 heavy (non-hydrogen) atoms. The fourth-order valence-corrected chi connectivity index (χ4v) is 2.50. The maximum atomic E-state index is 5.10. The topological polar surface area (TPSA) is 55.2 Å². The Morgan fingerprint density at radius 2 is 1.96 bits per heavy atom. The van der Waals surface area contributed by atoms with Crippen LogP contribution in [0.5, 0.6) is 0 Å². The van der Waals surface area contributed by atoms with E-state index in [4.69, 9.17) is 4.74 Å². The Morgan fingerprint density at radius 1 is 1.12 bits per heavy atom. The molecule has 0 radical (unpaired) electrons. The van der Waals surface area contributed by atoms with Gasteiger partial charge in [0.2, 0.25) is 5.95 Å². The molecule has 6 heteroatoms. The lowest BCUT2D eigenvalue weighted by atomic mass is 10.3. The van der Waals surface area contributed by atoms with Crippen LogP contribution in [0.3, 0.4) is 0 Å². The largest absolute Gasteiger partial charge is 0.383 e. The highest BCUT2D eigenvalue weighted by Crippen LogP contribution is 2.15. The summed E-state index contributed by atoms with van der Waals surface area (Å²) in [5.74, 6) is 1.75. The van der Waals surface area contributed by atoms with Crippen molar-refractivity contribution in [3.63, 3.8) is 0 Å². The van der Waals surface area contributed by atoms with Crippen LogP contribution in [0.1, 0.15) is 5.56 Å². The lowest BCUT2D eigenvalue weighted by Crippen LogP contribution is -2.23. The Balaban J connectivity index is 1.62. The number of benzene rings is 1. The van der Waals surface area contributed by atoms with Crippen molar-refractivity contribution >= 4 is 11.8 Å². The predicted octanol–water partition coefficient (Wildman–Crippen LogP) is 2.96. The lowest BCUT2D eigenvalue weighted by Gasteiger charge is -2.17. The smallest absolute Gasteiger partial charge is 0.207 e. The summed E-state index contributed by atoms with van der Waals surface area (Å²) >= 11 is 0. The molecule has 0 bridgehead atoms. The summed E-state index contributed by atoms with van der Waals surface area (Å²) in [6, 6.07) is 14.2. The van der Waals surface area contributed by atoms with Gasteiger partial charge in [-0.25, -0.2) is 9.97 Å². The van der Waals surface area contributed by atoms with Gasteiger partial charge >= 0.3 is 0 Å². The lowest BCUT2D eigenvalue weighted by molar-refractivity contribution is 0.206. The van der Waals surface area contributed by atoms with Crippen molar-refractivity contribution in [2.45, 2.75) is 6.54 Å². The molecule has 0 amide bonds. The molecule has 0 aliphatic heterocycles. The minimum Gasteiger partial charge on any atom is -0.383 e. The van der Waals surface area contributed by atoms with E-state index in [0.29, 0.717) is 13.2 Å². The number of para-hydroxylation sites is 1. The van der Waals surface area contributed by atoms with Gasteiger partial charge in [0.1, 0.15) is 5.82 Å². The maximum absolute atomic E-state index is 5.10. The molecule has 3 rings (SSSR count). The number of rotatable bonds is 8. The Bertz CT molecular complexity index is 770. The molecule has 3 aromatic rings. The molecule has 0 atom stereocenters. The first-order valence-corrected chi connectivity index (χ1v) is 8.25. The second-order valence-electron chi connectivity index (χ2n) is 5.75. The minimum atomic E-state index is 0.666. The van der Waals surface area contributed by atoms with Crippen molar-refractivity contribution in [1.82, 2.24) is 14.5 Å². The number of hydrogen-bond acceptors (Lipinski definition) is 5. The van der Waals surface area contributed by atoms with Crippen LogP contribution >= 0.6 is 0 Å². The van der Waals surface area contributed by atoms with Gasteiger partial charge in [0.15, 0.2) is 0 Å². The Hall–Kier alpha value is -2.86. The van der Waals surface area contributed by atoms with E-state index >= 15 is 0 Å². The molecular formula is C19H23N5O. The number of likely N-dealkylation sites (N-methyl/N-ethyl adjacent to an activating group) is 1.